The highest BCUT2D eigenvalue weighted by molar-refractivity contribution is 5.84. The molecule has 0 saturated carbocycles. The normalized spacial score (nSPS) is 12.9. The summed E-state index contributed by atoms with van der Waals surface area (Å²) in [6, 6.07) is 8.57. The predicted molar refractivity (Wildman–Crippen MR) is 79.4 cm³/mol. The van der Waals surface area contributed by atoms with Gasteiger partial charge in [0.1, 0.15) is 12.2 Å². The predicted octanol–water partition coefficient (Wildman–Crippen LogP) is 1.71. The third kappa shape index (κ3) is 2.32. The molecular formula is C15H19N5. The van der Waals surface area contributed by atoms with Crippen LogP contribution < -0.4 is 5.73 Å². The number of hydrogen-bond donors (Lipinski definition) is 1. The highest BCUT2D eigenvalue weighted by Gasteiger charge is 2.11. The molecule has 0 radical (unpaired) electrons. The summed E-state index contributed by atoms with van der Waals surface area (Å²) in [4.78, 5) is 4.29. The highest BCUT2D eigenvalue weighted by Crippen LogP contribution is 2.23. The van der Waals surface area contributed by atoms with Crippen LogP contribution in [0.3, 0.4) is 0 Å². The van der Waals surface area contributed by atoms with E-state index in [1.54, 1.807) is 11.0 Å². The maximum atomic E-state index is 5.95. The lowest BCUT2D eigenvalue weighted by Crippen LogP contribution is -2.17. The molecule has 0 aliphatic carbocycles. The smallest absolute Gasteiger partial charge is 0.146 e. The molecule has 0 aliphatic heterocycles. The van der Waals surface area contributed by atoms with E-state index in [4.69, 9.17) is 5.73 Å². The van der Waals surface area contributed by atoms with Crippen molar-refractivity contribution < 1.29 is 0 Å². The summed E-state index contributed by atoms with van der Waals surface area (Å²) in [6.07, 6.45) is 4.65. The Morgan fingerprint density at radius 1 is 1.30 bits per heavy atom. The van der Waals surface area contributed by atoms with Gasteiger partial charge in [0.25, 0.3) is 0 Å². The van der Waals surface area contributed by atoms with Crippen molar-refractivity contribution in [3.8, 4) is 0 Å². The van der Waals surface area contributed by atoms with Gasteiger partial charge < -0.3 is 10.3 Å². The van der Waals surface area contributed by atoms with Gasteiger partial charge in [-0.25, -0.2) is 4.98 Å². The van der Waals surface area contributed by atoms with Gasteiger partial charge in [-0.1, -0.05) is 18.2 Å². The van der Waals surface area contributed by atoms with E-state index in [-0.39, 0.29) is 6.04 Å². The van der Waals surface area contributed by atoms with Crippen LogP contribution in [0.4, 0.5) is 0 Å². The van der Waals surface area contributed by atoms with E-state index in [9.17, 15) is 0 Å². The lowest BCUT2D eigenvalue weighted by molar-refractivity contribution is 0.661. The van der Waals surface area contributed by atoms with Crippen LogP contribution in [0.5, 0.6) is 0 Å². The number of hydrogen-bond acceptors (Lipinski definition) is 3. The van der Waals surface area contributed by atoms with Gasteiger partial charge in [0, 0.05) is 30.2 Å². The maximum absolute atomic E-state index is 5.95. The fourth-order valence-electron chi connectivity index (χ4n) is 2.58. The van der Waals surface area contributed by atoms with Gasteiger partial charge in [-0.15, -0.1) is 0 Å². The molecule has 5 nitrogen and oxygen atoms in total. The van der Waals surface area contributed by atoms with Gasteiger partial charge in [0.2, 0.25) is 0 Å². The van der Waals surface area contributed by atoms with E-state index < -0.39 is 0 Å². The quantitative estimate of drug-likeness (QED) is 0.784. The minimum absolute atomic E-state index is 0.157. The Balaban J connectivity index is 2.04. The molecule has 0 spiro atoms. The summed E-state index contributed by atoms with van der Waals surface area (Å²) in [7, 11) is 1.91. The van der Waals surface area contributed by atoms with Gasteiger partial charge in [-0.3, -0.25) is 4.68 Å². The summed E-state index contributed by atoms with van der Waals surface area (Å²) in [5.41, 5.74) is 8.45. The number of rotatable bonds is 4. The zero-order valence-corrected chi connectivity index (χ0v) is 11.8. The molecule has 20 heavy (non-hydrogen) atoms. The topological polar surface area (TPSA) is 61.7 Å². The summed E-state index contributed by atoms with van der Waals surface area (Å²) in [5, 5.41) is 5.39. The molecule has 0 fully saturated rings. The van der Waals surface area contributed by atoms with Crippen molar-refractivity contribution in [2.24, 2.45) is 12.8 Å². The van der Waals surface area contributed by atoms with Crippen molar-refractivity contribution in [3.05, 3.63) is 48.2 Å². The van der Waals surface area contributed by atoms with Crippen molar-refractivity contribution in [1.82, 2.24) is 19.3 Å². The third-order valence-corrected chi connectivity index (χ3v) is 3.53. The van der Waals surface area contributed by atoms with Crippen LogP contribution >= 0.6 is 0 Å². The average molecular weight is 269 g/mol. The Morgan fingerprint density at radius 2 is 2.10 bits per heavy atom. The van der Waals surface area contributed by atoms with Crippen molar-refractivity contribution in [1.29, 1.82) is 0 Å². The molecule has 3 rings (SSSR count). The zero-order valence-electron chi connectivity index (χ0n) is 11.8. The molecule has 0 saturated heterocycles. The van der Waals surface area contributed by atoms with Crippen LogP contribution in [0.1, 0.15) is 18.3 Å². The first-order valence-electron chi connectivity index (χ1n) is 6.80. The zero-order chi connectivity index (χ0) is 14.1. The monoisotopic (exact) mass is 269 g/mol. The molecule has 104 valence electrons. The van der Waals surface area contributed by atoms with E-state index >= 15 is 0 Å². The fourth-order valence-corrected chi connectivity index (χ4v) is 2.58. The maximum Gasteiger partial charge on any atom is 0.146 e. The Labute approximate surface area is 118 Å². The standard InChI is InChI=1S/C15H19N5/c1-11(16)7-12-8-20(9-15-17-10-18-19(15)2)14-6-4-3-5-13(12)14/h3-6,8,10-11H,7,9,16H2,1-2H3. The molecule has 2 N–H and O–H groups in total. The molecule has 5 heteroatoms. The Hall–Kier alpha value is -2.14. The lowest BCUT2D eigenvalue weighted by Gasteiger charge is -2.04. The molecule has 2 aromatic heterocycles. The van der Waals surface area contributed by atoms with E-state index in [0.29, 0.717) is 0 Å². The van der Waals surface area contributed by atoms with E-state index in [0.717, 1.165) is 18.8 Å². The third-order valence-electron chi connectivity index (χ3n) is 3.53. The first kappa shape index (κ1) is 12.9. The van der Waals surface area contributed by atoms with Gasteiger partial charge in [0.15, 0.2) is 0 Å². The Kier molecular flexibility index (Phi) is 3.28. The van der Waals surface area contributed by atoms with Gasteiger partial charge in [-0.2, -0.15) is 5.10 Å². The minimum atomic E-state index is 0.157. The molecular weight excluding hydrogens is 250 g/mol. The number of benzene rings is 1. The summed E-state index contributed by atoms with van der Waals surface area (Å²) in [5.74, 6) is 0.943. The van der Waals surface area contributed by atoms with Gasteiger partial charge in [0.05, 0.1) is 6.54 Å². The van der Waals surface area contributed by atoms with E-state index in [2.05, 4.69) is 45.1 Å². The van der Waals surface area contributed by atoms with Crippen LogP contribution in [-0.4, -0.2) is 25.4 Å². The van der Waals surface area contributed by atoms with Crippen molar-refractivity contribution in [2.75, 3.05) is 0 Å². The molecule has 3 aromatic rings. The average Bonchev–Trinajstić information content (AvgIpc) is 2.96. The Bertz CT molecular complexity index is 723. The summed E-state index contributed by atoms with van der Waals surface area (Å²) < 4.78 is 4.02. The van der Waals surface area contributed by atoms with Crippen LogP contribution in [0.25, 0.3) is 10.9 Å². The van der Waals surface area contributed by atoms with E-state index in [1.807, 2.05) is 14.0 Å². The largest absolute Gasteiger partial charge is 0.340 e. The first-order chi connectivity index (χ1) is 9.65. The second kappa shape index (κ2) is 5.09. The molecule has 1 unspecified atom stereocenters. The van der Waals surface area contributed by atoms with Crippen LogP contribution in [0.2, 0.25) is 0 Å². The number of para-hydroxylation sites is 1. The van der Waals surface area contributed by atoms with Crippen LogP contribution in [0.15, 0.2) is 36.8 Å². The van der Waals surface area contributed by atoms with Crippen molar-refractivity contribution in [2.45, 2.75) is 25.9 Å². The number of aryl methyl sites for hydroxylation is 1. The van der Waals surface area contributed by atoms with Crippen molar-refractivity contribution >= 4 is 10.9 Å². The SMILES string of the molecule is CC(N)Cc1cn(Cc2ncnn2C)c2ccccc12. The Morgan fingerprint density at radius 3 is 2.80 bits per heavy atom. The lowest BCUT2D eigenvalue weighted by atomic mass is 10.1. The number of aromatic nitrogens is 4. The first-order valence-corrected chi connectivity index (χ1v) is 6.80. The molecule has 1 aromatic carbocycles. The minimum Gasteiger partial charge on any atom is -0.340 e. The van der Waals surface area contributed by atoms with E-state index in [1.165, 1.54) is 16.5 Å². The second-order valence-corrected chi connectivity index (χ2v) is 5.28. The summed E-state index contributed by atoms with van der Waals surface area (Å²) in [6.45, 7) is 2.75. The number of fused-ring (bicyclic) bond motifs is 1. The molecule has 2 heterocycles. The second-order valence-electron chi connectivity index (χ2n) is 5.28. The molecule has 0 bridgehead atoms. The molecule has 0 amide bonds. The van der Waals surface area contributed by atoms with Crippen LogP contribution in [0, 0.1) is 0 Å². The molecule has 1 atom stereocenters. The number of nitrogens with zero attached hydrogens (tertiary/aromatic N) is 4. The fraction of sp³-hybridized carbons (Fsp3) is 0.333. The van der Waals surface area contributed by atoms with Crippen molar-refractivity contribution in [3.63, 3.8) is 0 Å². The molecule has 0 aliphatic rings. The summed E-state index contributed by atoms with van der Waals surface area (Å²) >= 11 is 0. The van der Waals surface area contributed by atoms with Gasteiger partial charge in [-0.05, 0) is 25.0 Å². The van der Waals surface area contributed by atoms with Gasteiger partial charge >= 0.3 is 0 Å². The number of nitrogens with two attached hydrogens (primary N) is 1. The van der Waals surface area contributed by atoms with Crippen LogP contribution in [-0.2, 0) is 20.0 Å². The highest BCUT2D eigenvalue weighted by atomic mass is 15.3.